The Bertz CT molecular complexity index is 738. The summed E-state index contributed by atoms with van der Waals surface area (Å²) in [6.07, 6.45) is 4.66. The van der Waals surface area contributed by atoms with E-state index in [9.17, 15) is 4.79 Å². The molecule has 0 aromatic heterocycles. The van der Waals surface area contributed by atoms with Crippen LogP contribution in [-0.2, 0) is 10.3 Å². The van der Waals surface area contributed by atoms with Crippen molar-refractivity contribution in [2.24, 2.45) is 0 Å². The van der Waals surface area contributed by atoms with Crippen LogP contribution in [0.1, 0.15) is 30.4 Å². The number of nitrogens with two attached hydrogens (primary N) is 1. The first-order valence-corrected chi connectivity index (χ1v) is 8.41. The van der Waals surface area contributed by atoms with Crippen molar-refractivity contribution in [2.45, 2.75) is 24.8 Å². The third-order valence-corrected chi connectivity index (χ3v) is 5.03. The average Bonchev–Trinajstić information content (AvgIpc) is 2.59. The van der Waals surface area contributed by atoms with Crippen LogP contribution in [0.25, 0.3) is 6.08 Å². The van der Waals surface area contributed by atoms with Gasteiger partial charge in [-0.2, -0.15) is 0 Å². The number of quaternary nitrogens is 1. The number of likely N-dealkylation sites (N-methyl/N-ethyl adjacent to an activating group) is 1. The molecule has 0 heterocycles. The molecule has 0 aliphatic heterocycles. The molecule has 1 aliphatic rings. The van der Waals surface area contributed by atoms with Crippen LogP contribution in [0.2, 0.25) is 5.02 Å². The van der Waals surface area contributed by atoms with Crippen molar-refractivity contribution in [1.82, 2.24) is 0 Å². The summed E-state index contributed by atoms with van der Waals surface area (Å²) >= 11 is 6.41. The van der Waals surface area contributed by atoms with Crippen molar-refractivity contribution in [3.8, 4) is 0 Å². The second-order valence-corrected chi connectivity index (χ2v) is 6.41. The molecule has 0 spiro atoms. The van der Waals surface area contributed by atoms with E-state index in [-0.39, 0.29) is 5.78 Å². The summed E-state index contributed by atoms with van der Waals surface area (Å²) in [6, 6.07) is 17.7. The Labute approximate surface area is 142 Å². The molecule has 23 heavy (non-hydrogen) atoms. The summed E-state index contributed by atoms with van der Waals surface area (Å²) in [6.45, 7) is 0. The zero-order valence-corrected chi connectivity index (χ0v) is 14.0. The summed E-state index contributed by atoms with van der Waals surface area (Å²) in [5.41, 5.74) is 2.28. The van der Waals surface area contributed by atoms with Gasteiger partial charge in [-0.05, 0) is 30.5 Å². The second-order valence-electron chi connectivity index (χ2n) is 6.00. The zero-order chi connectivity index (χ0) is 16.3. The molecule has 2 aromatic rings. The lowest BCUT2D eigenvalue weighted by Gasteiger charge is -2.34. The van der Waals surface area contributed by atoms with Crippen LogP contribution in [-0.4, -0.2) is 12.8 Å². The third kappa shape index (κ3) is 2.97. The summed E-state index contributed by atoms with van der Waals surface area (Å²) < 4.78 is 0. The SMILES string of the molecule is C[NH2+][C@@]1(c2ccccc2Cl)CCC/C(=C\c2ccccc2)C1=O. The monoisotopic (exact) mass is 326 g/mol. The highest BCUT2D eigenvalue weighted by Crippen LogP contribution is 2.37. The van der Waals surface area contributed by atoms with Gasteiger partial charge in [0.05, 0.1) is 12.1 Å². The molecular weight excluding hydrogens is 306 g/mol. The van der Waals surface area contributed by atoms with E-state index in [0.717, 1.165) is 36.0 Å². The Balaban J connectivity index is 2.04. The van der Waals surface area contributed by atoms with Gasteiger partial charge in [0, 0.05) is 17.6 Å². The largest absolute Gasteiger partial charge is 0.333 e. The standard InChI is InChI=1S/C20H20ClNO/c1-22-20(17-11-5-6-12-18(17)21)13-7-10-16(19(20)23)14-15-8-3-2-4-9-15/h2-6,8-9,11-12,14,22H,7,10,13H2,1H3/p+1/b16-14+/t20-/m1/s1. The molecule has 0 saturated heterocycles. The summed E-state index contributed by atoms with van der Waals surface area (Å²) in [7, 11) is 1.96. The molecule has 1 saturated carbocycles. The van der Waals surface area contributed by atoms with Gasteiger partial charge in [-0.3, -0.25) is 4.79 Å². The van der Waals surface area contributed by atoms with Crippen molar-refractivity contribution >= 4 is 23.5 Å². The van der Waals surface area contributed by atoms with Crippen LogP contribution in [0.5, 0.6) is 0 Å². The van der Waals surface area contributed by atoms with Gasteiger partial charge in [-0.25, -0.2) is 0 Å². The Hall–Kier alpha value is -1.90. The number of carbonyl (C=O) groups excluding carboxylic acids is 1. The van der Waals surface area contributed by atoms with Gasteiger partial charge in [0.15, 0.2) is 5.54 Å². The number of halogens is 1. The first-order chi connectivity index (χ1) is 11.2. The molecule has 1 fully saturated rings. The Kier molecular flexibility index (Phi) is 4.65. The number of hydrogen-bond donors (Lipinski definition) is 1. The predicted octanol–water partition coefficient (Wildman–Crippen LogP) is 3.57. The number of rotatable bonds is 3. The predicted molar refractivity (Wildman–Crippen MR) is 94.3 cm³/mol. The van der Waals surface area contributed by atoms with E-state index < -0.39 is 5.54 Å². The first kappa shape index (κ1) is 16.0. The van der Waals surface area contributed by atoms with Gasteiger partial charge in [-0.15, -0.1) is 0 Å². The van der Waals surface area contributed by atoms with Crippen LogP contribution in [0, 0.1) is 0 Å². The molecule has 0 unspecified atom stereocenters. The minimum Gasteiger partial charge on any atom is -0.333 e. The first-order valence-electron chi connectivity index (χ1n) is 8.03. The maximum atomic E-state index is 13.3. The molecule has 0 radical (unpaired) electrons. The number of carbonyl (C=O) groups is 1. The highest BCUT2D eigenvalue weighted by Gasteiger charge is 2.47. The Morgan fingerprint density at radius 3 is 2.48 bits per heavy atom. The minimum absolute atomic E-state index is 0.184. The molecule has 0 bridgehead atoms. The lowest BCUT2D eigenvalue weighted by atomic mass is 9.73. The van der Waals surface area contributed by atoms with E-state index in [4.69, 9.17) is 11.6 Å². The summed E-state index contributed by atoms with van der Waals surface area (Å²) in [5, 5.41) is 2.69. The van der Waals surface area contributed by atoms with Crippen molar-refractivity contribution in [1.29, 1.82) is 0 Å². The maximum absolute atomic E-state index is 13.3. The van der Waals surface area contributed by atoms with Gasteiger partial charge in [0.1, 0.15) is 0 Å². The number of hydrogen-bond acceptors (Lipinski definition) is 1. The van der Waals surface area contributed by atoms with Gasteiger partial charge in [-0.1, -0.05) is 60.1 Å². The van der Waals surface area contributed by atoms with Crippen LogP contribution in [0.4, 0.5) is 0 Å². The third-order valence-electron chi connectivity index (χ3n) is 4.70. The molecule has 3 rings (SSSR count). The quantitative estimate of drug-likeness (QED) is 0.860. The Morgan fingerprint density at radius 2 is 1.78 bits per heavy atom. The van der Waals surface area contributed by atoms with E-state index in [0.29, 0.717) is 5.02 Å². The number of Topliss-reactive ketones (excluding diaryl/α,β-unsaturated/α-hetero) is 1. The second kappa shape index (κ2) is 6.69. The summed E-state index contributed by atoms with van der Waals surface area (Å²) in [5.74, 6) is 0.184. The van der Waals surface area contributed by atoms with Crippen LogP contribution < -0.4 is 5.32 Å². The summed E-state index contributed by atoms with van der Waals surface area (Å²) in [4.78, 5) is 13.3. The normalized spacial score (nSPS) is 23.2. The van der Waals surface area contributed by atoms with E-state index in [1.165, 1.54) is 0 Å². The van der Waals surface area contributed by atoms with Crippen LogP contribution >= 0.6 is 11.6 Å². The van der Waals surface area contributed by atoms with Crippen molar-refractivity contribution < 1.29 is 10.1 Å². The van der Waals surface area contributed by atoms with Crippen LogP contribution in [0.3, 0.4) is 0 Å². The van der Waals surface area contributed by atoms with Gasteiger partial charge >= 0.3 is 0 Å². The zero-order valence-electron chi connectivity index (χ0n) is 13.3. The molecule has 2 nitrogen and oxygen atoms in total. The topological polar surface area (TPSA) is 33.7 Å². The molecule has 1 aliphatic carbocycles. The molecule has 3 heteroatoms. The minimum atomic E-state index is -0.600. The average molecular weight is 327 g/mol. The van der Waals surface area contributed by atoms with Crippen molar-refractivity contribution in [2.75, 3.05) is 7.05 Å². The number of ketones is 1. The van der Waals surface area contributed by atoms with Gasteiger partial charge < -0.3 is 5.32 Å². The van der Waals surface area contributed by atoms with Crippen LogP contribution in [0.15, 0.2) is 60.2 Å². The van der Waals surface area contributed by atoms with E-state index in [1.807, 2.05) is 73.0 Å². The van der Waals surface area contributed by atoms with E-state index in [2.05, 4.69) is 0 Å². The highest BCUT2D eigenvalue weighted by atomic mass is 35.5. The number of benzene rings is 2. The van der Waals surface area contributed by atoms with Crippen molar-refractivity contribution in [3.05, 3.63) is 76.3 Å². The molecule has 2 aromatic carbocycles. The molecule has 0 amide bonds. The molecule has 118 valence electrons. The molecular formula is C20H21ClNO+. The molecule has 1 atom stereocenters. The lowest BCUT2D eigenvalue weighted by Crippen LogP contribution is -2.94. The van der Waals surface area contributed by atoms with E-state index in [1.54, 1.807) is 0 Å². The van der Waals surface area contributed by atoms with E-state index >= 15 is 0 Å². The highest BCUT2D eigenvalue weighted by molar-refractivity contribution is 6.32. The smallest absolute Gasteiger partial charge is 0.223 e. The lowest BCUT2D eigenvalue weighted by molar-refractivity contribution is -0.698. The maximum Gasteiger partial charge on any atom is 0.223 e. The van der Waals surface area contributed by atoms with Crippen molar-refractivity contribution in [3.63, 3.8) is 0 Å². The fourth-order valence-corrected chi connectivity index (χ4v) is 3.77. The van der Waals surface area contributed by atoms with Gasteiger partial charge in [0.2, 0.25) is 5.78 Å². The Morgan fingerprint density at radius 1 is 1.09 bits per heavy atom. The fourth-order valence-electron chi connectivity index (χ4n) is 3.47. The molecule has 2 N–H and O–H groups in total. The van der Waals surface area contributed by atoms with Gasteiger partial charge in [0.25, 0.3) is 0 Å². The fraction of sp³-hybridized carbons (Fsp3) is 0.250.